The highest BCUT2D eigenvalue weighted by atomic mass is 31.2. The third-order valence-electron chi connectivity index (χ3n) is 14.6. The van der Waals surface area contributed by atoms with Gasteiger partial charge in [0.05, 0.1) is 26.4 Å². The number of rotatable bonds is 68. The van der Waals surface area contributed by atoms with E-state index in [1.165, 1.54) is 6.42 Å². The molecule has 0 rings (SSSR count). The SMILES string of the molecule is CC/C=C\C/C=C\C/C=C\C/C=C\C/C=C\C/C=C\CCC(=O)OCC(COP(=O)(O)OCC(O)COP(=O)(O)OCC(COC(=O)CCC/C=C\C/C=C\C/C=C\C/C=C\C/C=C\CC)OC(=O)CCCCCCC/C=C\C/C=C\CCC)OC(=O)CCCCCCC/C=C\CCCC. The summed E-state index contributed by atoms with van der Waals surface area (Å²) in [5.74, 6) is -2.39. The molecular formula is C81H130O17P2. The van der Waals surface area contributed by atoms with Crippen LogP contribution in [0.5, 0.6) is 0 Å². The highest BCUT2D eigenvalue weighted by molar-refractivity contribution is 7.47. The van der Waals surface area contributed by atoms with Crippen LogP contribution in [0, 0.1) is 0 Å². The van der Waals surface area contributed by atoms with E-state index in [-0.39, 0.29) is 25.7 Å². The van der Waals surface area contributed by atoms with Gasteiger partial charge in [0.2, 0.25) is 0 Å². The van der Waals surface area contributed by atoms with Crippen molar-refractivity contribution < 1.29 is 80.2 Å². The first kappa shape index (κ1) is 94.4. The maximum absolute atomic E-state index is 13.1. The van der Waals surface area contributed by atoms with Crippen LogP contribution in [-0.4, -0.2) is 96.7 Å². The molecule has 0 spiro atoms. The highest BCUT2D eigenvalue weighted by Gasteiger charge is 2.30. The zero-order valence-corrected chi connectivity index (χ0v) is 63.3. The number of aliphatic hydroxyl groups excluding tert-OH is 1. The second-order valence-electron chi connectivity index (χ2n) is 24.1. The molecule has 0 aromatic carbocycles. The van der Waals surface area contributed by atoms with Crippen molar-refractivity contribution in [3.63, 3.8) is 0 Å². The quantitative estimate of drug-likeness (QED) is 0.0169. The van der Waals surface area contributed by atoms with Gasteiger partial charge in [-0.05, 0) is 148 Å². The van der Waals surface area contributed by atoms with Crippen LogP contribution >= 0.6 is 15.6 Å². The van der Waals surface area contributed by atoms with E-state index in [4.69, 9.17) is 37.0 Å². The largest absolute Gasteiger partial charge is 0.472 e. The monoisotopic (exact) mass is 1440 g/mol. The molecule has 0 aliphatic heterocycles. The van der Waals surface area contributed by atoms with Crippen molar-refractivity contribution in [1.29, 1.82) is 0 Å². The average Bonchev–Trinajstić information content (AvgIpc) is 1.02. The number of hydrogen-bond acceptors (Lipinski definition) is 15. The minimum Gasteiger partial charge on any atom is -0.462 e. The fraction of sp³-hybridized carbons (Fsp3) is 0.605. The standard InChI is InChI=1S/C81H130O17P2/c1-5-9-13-17-21-25-29-32-34-36-37-39-41-44-47-50-54-58-62-66-78(83)91-71-76(97-80(85)67-63-59-55-51-45-28-24-20-16-12-8-4)73-95-99(87,88)93-69-75(82)70-94-100(89,90)96-74-77(98-81(86)68-64-60-56-52-48-42-31-27-23-19-15-11-7-3)72-92-79(84)65-61-57-53-49-46-43-40-38-35-33-30-26-22-18-14-10-6-2/h9-10,13-15,19-22,24-27,31-35,37,39-40,43-44,47,49,53-54,58,75-77,82H,5-8,11-12,16-18,23,28-30,36,38,41-42,45-46,48,50-52,55-57,59-74H2,1-4H3,(H,87,88)(H,89,90)/b13-9-,14-10-,19-15-,24-20-,25-21-,26-22-,31-27-,34-32-,35-33-,39-37-,43-40-,47-44-,53-49-,58-54-. The highest BCUT2D eigenvalue weighted by Crippen LogP contribution is 2.45. The van der Waals surface area contributed by atoms with Crippen molar-refractivity contribution in [3.8, 4) is 0 Å². The summed E-state index contributed by atoms with van der Waals surface area (Å²) in [6, 6.07) is 0. The number of phosphoric ester groups is 2. The Morgan fingerprint density at radius 3 is 0.940 bits per heavy atom. The van der Waals surface area contributed by atoms with E-state index < -0.39 is 97.5 Å². The molecule has 5 atom stereocenters. The lowest BCUT2D eigenvalue weighted by Gasteiger charge is -2.21. The van der Waals surface area contributed by atoms with E-state index in [2.05, 4.69) is 167 Å². The summed E-state index contributed by atoms with van der Waals surface area (Å²) in [5.41, 5.74) is 0. The molecule has 0 aliphatic carbocycles. The van der Waals surface area contributed by atoms with Crippen LogP contribution in [-0.2, 0) is 65.4 Å². The van der Waals surface area contributed by atoms with Gasteiger partial charge in [0.15, 0.2) is 12.2 Å². The Balaban J connectivity index is 5.45. The smallest absolute Gasteiger partial charge is 0.462 e. The summed E-state index contributed by atoms with van der Waals surface area (Å²) < 4.78 is 68.2. The lowest BCUT2D eigenvalue weighted by atomic mass is 10.1. The number of phosphoric acid groups is 2. The maximum Gasteiger partial charge on any atom is 0.472 e. The molecule has 0 saturated heterocycles. The molecular weight excluding hydrogens is 1310 g/mol. The number of unbranched alkanes of at least 4 members (excludes halogenated alkanes) is 14. The molecule has 3 N–H and O–H groups in total. The topological polar surface area (TPSA) is 237 Å². The van der Waals surface area contributed by atoms with Crippen molar-refractivity contribution in [2.24, 2.45) is 0 Å². The van der Waals surface area contributed by atoms with Gasteiger partial charge in [-0.3, -0.25) is 37.3 Å². The molecule has 0 heterocycles. The number of aliphatic hydroxyl groups is 1. The Bertz CT molecular complexity index is 2570. The van der Waals surface area contributed by atoms with Gasteiger partial charge in [-0.1, -0.05) is 256 Å². The molecule has 0 bridgehead atoms. The molecule has 566 valence electrons. The van der Waals surface area contributed by atoms with Crippen molar-refractivity contribution in [1.82, 2.24) is 0 Å². The Hall–Kier alpha value is -5.58. The molecule has 5 unspecified atom stereocenters. The second kappa shape index (κ2) is 71.8. The first-order valence-electron chi connectivity index (χ1n) is 37.4. The predicted molar refractivity (Wildman–Crippen MR) is 408 cm³/mol. The van der Waals surface area contributed by atoms with Gasteiger partial charge in [-0.25, -0.2) is 9.13 Å². The van der Waals surface area contributed by atoms with Gasteiger partial charge in [0.1, 0.15) is 19.3 Å². The van der Waals surface area contributed by atoms with E-state index in [0.717, 1.165) is 161 Å². The van der Waals surface area contributed by atoms with Crippen LogP contribution in [0.25, 0.3) is 0 Å². The Kier molecular flexibility index (Phi) is 67.8. The van der Waals surface area contributed by atoms with E-state index in [1.807, 2.05) is 30.4 Å². The van der Waals surface area contributed by atoms with Crippen LogP contribution in [0.2, 0.25) is 0 Å². The van der Waals surface area contributed by atoms with Crippen LogP contribution in [0.15, 0.2) is 170 Å². The van der Waals surface area contributed by atoms with Crippen LogP contribution in [0.1, 0.15) is 259 Å². The van der Waals surface area contributed by atoms with Gasteiger partial charge >= 0.3 is 39.5 Å². The average molecular weight is 1440 g/mol. The zero-order valence-electron chi connectivity index (χ0n) is 61.5. The van der Waals surface area contributed by atoms with E-state index in [1.54, 1.807) is 0 Å². The number of allylic oxidation sites excluding steroid dienone is 28. The van der Waals surface area contributed by atoms with Crippen molar-refractivity contribution >= 4 is 39.5 Å². The molecule has 0 aromatic rings. The second-order valence-corrected chi connectivity index (χ2v) is 27.0. The third-order valence-corrected chi connectivity index (χ3v) is 16.5. The Labute approximate surface area is 603 Å². The summed E-state index contributed by atoms with van der Waals surface area (Å²) >= 11 is 0. The normalized spacial score (nSPS) is 14.9. The lowest BCUT2D eigenvalue weighted by Crippen LogP contribution is -2.30. The van der Waals surface area contributed by atoms with E-state index in [0.29, 0.717) is 38.5 Å². The number of hydrogen-bond donors (Lipinski definition) is 3. The van der Waals surface area contributed by atoms with E-state index >= 15 is 0 Å². The number of carbonyl (C=O) groups excluding carboxylic acids is 4. The fourth-order valence-corrected chi connectivity index (χ4v) is 10.6. The van der Waals surface area contributed by atoms with Gasteiger partial charge < -0.3 is 33.8 Å². The summed E-state index contributed by atoms with van der Waals surface area (Å²) in [7, 11) is -10.0. The van der Waals surface area contributed by atoms with Gasteiger partial charge in [-0.2, -0.15) is 0 Å². The summed E-state index contributed by atoms with van der Waals surface area (Å²) in [5, 5.41) is 10.6. The number of esters is 4. The molecule has 100 heavy (non-hydrogen) atoms. The maximum atomic E-state index is 13.1. The Morgan fingerprint density at radius 1 is 0.290 bits per heavy atom. The number of ether oxygens (including phenoxy) is 4. The van der Waals surface area contributed by atoms with Crippen LogP contribution in [0.4, 0.5) is 0 Å². The molecule has 0 aliphatic rings. The predicted octanol–water partition coefficient (Wildman–Crippen LogP) is 21.4. The van der Waals surface area contributed by atoms with Gasteiger partial charge in [0.25, 0.3) is 0 Å². The van der Waals surface area contributed by atoms with Gasteiger partial charge in [-0.15, -0.1) is 0 Å². The zero-order chi connectivity index (χ0) is 73.2. The Morgan fingerprint density at radius 2 is 0.570 bits per heavy atom. The van der Waals surface area contributed by atoms with E-state index in [9.17, 15) is 43.2 Å². The summed E-state index contributed by atoms with van der Waals surface area (Å²) in [4.78, 5) is 72.7. The van der Waals surface area contributed by atoms with Crippen LogP contribution < -0.4 is 0 Å². The number of carbonyl (C=O) groups is 4. The third kappa shape index (κ3) is 70.8. The first-order valence-corrected chi connectivity index (χ1v) is 40.4. The summed E-state index contributed by atoms with van der Waals surface area (Å²) in [6.07, 6.45) is 83.8. The molecule has 0 aromatic heterocycles. The first-order chi connectivity index (χ1) is 48.7. The van der Waals surface area contributed by atoms with Gasteiger partial charge in [0, 0.05) is 25.7 Å². The lowest BCUT2D eigenvalue weighted by molar-refractivity contribution is -0.161. The molecule has 0 amide bonds. The fourth-order valence-electron chi connectivity index (χ4n) is 9.00. The van der Waals surface area contributed by atoms with Crippen LogP contribution in [0.3, 0.4) is 0 Å². The van der Waals surface area contributed by atoms with Crippen molar-refractivity contribution in [3.05, 3.63) is 170 Å². The summed E-state index contributed by atoms with van der Waals surface area (Å²) in [6.45, 7) is 4.32. The molecule has 19 heteroatoms. The van der Waals surface area contributed by atoms with Crippen molar-refractivity contribution in [2.45, 2.75) is 277 Å². The molecule has 17 nitrogen and oxygen atoms in total. The molecule has 0 saturated carbocycles. The minimum atomic E-state index is -5.00. The minimum absolute atomic E-state index is 0.0279. The molecule has 0 fully saturated rings. The molecule has 0 radical (unpaired) electrons. The van der Waals surface area contributed by atoms with Crippen molar-refractivity contribution in [2.75, 3.05) is 39.6 Å².